The van der Waals surface area contributed by atoms with Crippen LogP contribution in [-0.4, -0.2) is 24.3 Å². The molecule has 1 aliphatic rings. The summed E-state index contributed by atoms with van der Waals surface area (Å²) in [6.45, 7) is -0.107. The van der Waals surface area contributed by atoms with Gasteiger partial charge in [-0.15, -0.1) is 0 Å². The van der Waals surface area contributed by atoms with Crippen LogP contribution in [0.4, 0.5) is 0 Å². The van der Waals surface area contributed by atoms with Gasteiger partial charge in [-0.1, -0.05) is 121 Å². The van der Waals surface area contributed by atoms with E-state index in [9.17, 15) is 14.9 Å². The van der Waals surface area contributed by atoms with Crippen molar-refractivity contribution in [3.05, 3.63) is 132 Å². The van der Waals surface area contributed by atoms with E-state index in [0.29, 0.717) is 16.2 Å². The second kappa shape index (κ2) is 11.9. The Hall–Kier alpha value is -4.50. The SMILES string of the molecule is COC(=O)[C@H]1[C@@H](c2ccccc2)N[C@@](C(=O)OCc2ccccc2)(P(=O)(c2ccccc2)c2ccccc2)[C@@H]1C#N. The third-order valence-corrected chi connectivity index (χ3v) is 11.2. The lowest BCUT2D eigenvalue weighted by molar-refractivity contribution is -0.150. The van der Waals surface area contributed by atoms with Gasteiger partial charge in [0.25, 0.3) is 0 Å². The molecule has 206 valence electrons. The Morgan fingerprint density at radius 3 is 1.80 bits per heavy atom. The van der Waals surface area contributed by atoms with Crippen LogP contribution in [0.2, 0.25) is 0 Å². The summed E-state index contributed by atoms with van der Waals surface area (Å²) in [4.78, 5) is 28.0. The summed E-state index contributed by atoms with van der Waals surface area (Å²) in [6, 6.07) is 36.7. The molecule has 1 fully saturated rings. The van der Waals surface area contributed by atoms with Gasteiger partial charge < -0.3 is 14.0 Å². The fourth-order valence-corrected chi connectivity index (χ4v) is 9.22. The van der Waals surface area contributed by atoms with Crippen molar-refractivity contribution in [3.63, 3.8) is 0 Å². The van der Waals surface area contributed by atoms with Crippen LogP contribution in [0.25, 0.3) is 0 Å². The van der Waals surface area contributed by atoms with Gasteiger partial charge >= 0.3 is 11.9 Å². The molecule has 5 rings (SSSR count). The Kier molecular flexibility index (Phi) is 8.16. The Labute approximate surface area is 239 Å². The number of hydrogen-bond donors (Lipinski definition) is 1. The van der Waals surface area contributed by atoms with Crippen LogP contribution < -0.4 is 15.9 Å². The monoisotopic (exact) mass is 564 g/mol. The van der Waals surface area contributed by atoms with Crippen LogP contribution in [-0.2, 0) is 30.2 Å². The Bertz CT molecular complexity index is 1550. The molecule has 1 heterocycles. The van der Waals surface area contributed by atoms with Crippen LogP contribution in [0.3, 0.4) is 0 Å². The van der Waals surface area contributed by atoms with E-state index in [0.717, 1.165) is 5.56 Å². The fourth-order valence-electron chi connectivity index (χ4n) is 5.67. The summed E-state index contributed by atoms with van der Waals surface area (Å²) in [5, 5.41) is 12.6. The van der Waals surface area contributed by atoms with E-state index in [2.05, 4.69) is 11.4 Å². The largest absolute Gasteiger partial charge is 0.469 e. The van der Waals surface area contributed by atoms with Gasteiger partial charge in [-0.25, -0.2) is 4.79 Å². The molecule has 0 spiro atoms. The minimum absolute atomic E-state index is 0.107. The van der Waals surface area contributed by atoms with Crippen molar-refractivity contribution in [2.24, 2.45) is 11.8 Å². The molecule has 1 aliphatic heterocycles. The van der Waals surface area contributed by atoms with Crippen LogP contribution >= 0.6 is 7.14 Å². The predicted octanol–water partition coefficient (Wildman–Crippen LogP) is 4.71. The minimum Gasteiger partial charge on any atom is -0.469 e. The van der Waals surface area contributed by atoms with Crippen LogP contribution in [0.1, 0.15) is 17.2 Å². The molecule has 7 nitrogen and oxygen atoms in total. The zero-order valence-electron chi connectivity index (χ0n) is 22.4. The maximum absolute atomic E-state index is 15.9. The van der Waals surface area contributed by atoms with Crippen molar-refractivity contribution in [3.8, 4) is 6.07 Å². The highest BCUT2D eigenvalue weighted by Crippen LogP contribution is 2.64. The molecule has 4 aromatic rings. The first kappa shape index (κ1) is 28.0. The molecule has 0 aliphatic carbocycles. The fraction of sp³-hybridized carbons (Fsp3) is 0.182. The van der Waals surface area contributed by atoms with Crippen molar-refractivity contribution >= 4 is 29.7 Å². The minimum atomic E-state index is -4.11. The number of nitrogens with zero attached hydrogens (tertiary/aromatic N) is 1. The van der Waals surface area contributed by atoms with Crippen molar-refractivity contribution in [2.75, 3.05) is 7.11 Å². The van der Waals surface area contributed by atoms with Gasteiger partial charge in [0.1, 0.15) is 6.61 Å². The maximum Gasteiger partial charge on any atom is 0.336 e. The number of esters is 2. The van der Waals surface area contributed by atoms with Gasteiger partial charge in [0, 0.05) is 16.7 Å². The predicted molar refractivity (Wildman–Crippen MR) is 156 cm³/mol. The Morgan fingerprint density at radius 2 is 1.32 bits per heavy atom. The van der Waals surface area contributed by atoms with Gasteiger partial charge in [0.15, 0.2) is 12.4 Å². The van der Waals surface area contributed by atoms with Crippen LogP contribution in [0, 0.1) is 23.2 Å². The number of carbonyl (C=O) groups excluding carboxylic acids is 2. The van der Waals surface area contributed by atoms with E-state index in [4.69, 9.17) is 9.47 Å². The maximum atomic E-state index is 15.9. The molecule has 41 heavy (non-hydrogen) atoms. The highest BCUT2D eigenvalue weighted by molar-refractivity contribution is 7.80. The van der Waals surface area contributed by atoms with Gasteiger partial charge in [-0.05, 0) is 11.1 Å². The van der Waals surface area contributed by atoms with Gasteiger partial charge in [-0.2, -0.15) is 5.26 Å². The molecule has 0 unspecified atom stereocenters. The average Bonchev–Trinajstić information content (AvgIpc) is 3.41. The van der Waals surface area contributed by atoms with E-state index in [1.54, 1.807) is 84.9 Å². The molecule has 0 bridgehead atoms. The molecular weight excluding hydrogens is 535 g/mol. The van der Waals surface area contributed by atoms with Crippen molar-refractivity contribution in [1.29, 1.82) is 5.26 Å². The van der Waals surface area contributed by atoms with E-state index in [1.165, 1.54) is 7.11 Å². The number of nitriles is 1. The quantitative estimate of drug-likeness (QED) is 0.244. The number of hydrogen-bond acceptors (Lipinski definition) is 7. The highest BCUT2D eigenvalue weighted by Gasteiger charge is 2.70. The van der Waals surface area contributed by atoms with Crippen LogP contribution in [0.5, 0.6) is 0 Å². The molecule has 0 saturated carbocycles. The lowest BCUT2D eigenvalue weighted by Crippen LogP contribution is -2.57. The van der Waals surface area contributed by atoms with Gasteiger partial charge in [-0.3, -0.25) is 10.1 Å². The summed E-state index contributed by atoms with van der Waals surface area (Å²) < 4.78 is 27.0. The number of ether oxygens (including phenoxy) is 2. The number of rotatable bonds is 8. The van der Waals surface area contributed by atoms with E-state index in [1.807, 2.05) is 36.4 Å². The molecule has 0 radical (unpaired) electrons. The van der Waals surface area contributed by atoms with Crippen molar-refractivity contribution < 1.29 is 23.6 Å². The molecule has 8 heteroatoms. The molecule has 1 saturated heterocycles. The number of methoxy groups -OCH3 is 1. The van der Waals surface area contributed by atoms with E-state index in [-0.39, 0.29) is 6.61 Å². The molecule has 0 amide bonds. The molecular formula is C33H29N2O5P. The Morgan fingerprint density at radius 1 is 0.829 bits per heavy atom. The smallest absolute Gasteiger partial charge is 0.336 e. The lowest BCUT2D eigenvalue weighted by atomic mass is 9.85. The molecule has 1 N–H and O–H groups in total. The summed E-state index contributed by atoms with van der Waals surface area (Å²) in [5.41, 5.74) is 1.37. The zero-order chi connectivity index (χ0) is 28.9. The van der Waals surface area contributed by atoms with E-state index >= 15 is 4.57 Å². The summed E-state index contributed by atoms with van der Waals surface area (Å²) >= 11 is 0. The van der Waals surface area contributed by atoms with Crippen molar-refractivity contribution in [1.82, 2.24) is 5.32 Å². The lowest BCUT2D eigenvalue weighted by Gasteiger charge is -2.39. The Balaban J connectivity index is 1.79. The van der Waals surface area contributed by atoms with Crippen molar-refractivity contribution in [2.45, 2.75) is 17.9 Å². The van der Waals surface area contributed by atoms with Crippen LogP contribution in [0.15, 0.2) is 121 Å². The standard InChI is InChI=1S/C33H29N2O5P/c1-39-31(36)29-28(22-34)33(35-30(29)25-16-8-3-9-17-25,32(37)40-23-24-14-6-2-7-15-24)41(38,26-18-10-4-11-19-26)27-20-12-5-13-21-27/h2-21,28-30,35H,23H2,1H3/t28-,29-,30-,33-/m1/s1. The third kappa shape index (κ3) is 4.86. The normalized spacial score (nSPS) is 21.9. The molecule has 4 atom stereocenters. The van der Waals surface area contributed by atoms with Gasteiger partial charge in [0.2, 0.25) is 0 Å². The second-order valence-electron chi connectivity index (χ2n) is 9.80. The topological polar surface area (TPSA) is 105 Å². The molecule has 0 aromatic heterocycles. The molecule has 4 aromatic carbocycles. The van der Waals surface area contributed by atoms with E-state index < -0.39 is 42.2 Å². The summed E-state index contributed by atoms with van der Waals surface area (Å²) in [5.74, 6) is -4.13. The first-order valence-corrected chi connectivity index (χ1v) is 14.9. The first-order valence-electron chi connectivity index (χ1n) is 13.2. The third-order valence-electron chi connectivity index (χ3n) is 7.58. The average molecular weight is 565 g/mol. The van der Waals surface area contributed by atoms with Gasteiger partial charge in [0.05, 0.1) is 25.0 Å². The second-order valence-corrected chi connectivity index (χ2v) is 12.8. The highest BCUT2D eigenvalue weighted by atomic mass is 31.2. The number of benzene rings is 4. The number of nitrogens with one attached hydrogen (secondary N) is 1. The zero-order valence-corrected chi connectivity index (χ0v) is 23.3. The summed E-state index contributed by atoms with van der Waals surface area (Å²) in [6.07, 6.45) is 0. The summed E-state index contributed by atoms with van der Waals surface area (Å²) in [7, 11) is -2.88. The first-order chi connectivity index (χ1) is 20.0. The number of carbonyl (C=O) groups is 2.